The van der Waals surface area contributed by atoms with Gasteiger partial charge in [0.05, 0.1) is 7.11 Å². The molecule has 2 aromatic rings. The van der Waals surface area contributed by atoms with Crippen molar-refractivity contribution >= 4 is 33.9 Å². The molecule has 0 saturated carbocycles. The Hall–Kier alpha value is -2.40. The van der Waals surface area contributed by atoms with E-state index in [2.05, 4.69) is 20.9 Å². The molecule has 0 N–H and O–H groups in total. The lowest BCUT2D eigenvalue weighted by Crippen LogP contribution is -2.05. The van der Waals surface area contributed by atoms with Gasteiger partial charge in [0, 0.05) is 10.0 Å². The summed E-state index contributed by atoms with van der Waals surface area (Å²) in [7, 11) is 1.60. The molecule has 1 aliphatic heterocycles. The third kappa shape index (κ3) is 3.09. The SMILES string of the molecule is COc1ccc(C2=N/C(=C\c3ccc(Br)cc3)C(=O)O2)cc1. The van der Waals surface area contributed by atoms with Crippen molar-refractivity contribution in [1.29, 1.82) is 0 Å². The van der Waals surface area contributed by atoms with Crippen LogP contribution in [0.3, 0.4) is 0 Å². The van der Waals surface area contributed by atoms with Crippen LogP contribution in [0.4, 0.5) is 0 Å². The lowest BCUT2D eigenvalue weighted by Gasteiger charge is -2.01. The van der Waals surface area contributed by atoms with Crippen molar-refractivity contribution in [3.05, 3.63) is 69.8 Å². The van der Waals surface area contributed by atoms with Gasteiger partial charge in [-0.1, -0.05) is 28.1 Å². The summed E-state index contributed by atoms with van der Waals surface area (Å²) in [4.78, 5) is 16.2. The predicted octanol–water partition coefficient (Wildman–Crippen LogP) is 3.80. The molecule has 0 amide bonds. The van der Waals surface area contributed by atoms with Crippen molar-refractivity contribution in [2.24, 2.45) is 4.99 Å². The maximum atomic E-state index is 11.9. The van der Waals surface area contributed by atoms with Crippen molar-refractivity contribution < 1.29 is 14.3 Å². The third-order valence-electron chi connectivity index (χ3n) is 3.13. The number of halogens is 1. The third-order valence-corrected chi connectivity index (χ3v) is 3.66. The number of carbonyl (C=O) groups is 1. The van der Waals surface area contributed by atoms with Crippen LogP contribution in [0, 0.1) is 0 Å². The summed E-state index contributed by atoms with van der Waals surface area (Å²) < 4.78 is 11.3. The van der Waals surface area contributed by atoms with Crippen molar-refractivity contribution in [3.63, 3.8) is 0 Å². The van der Waals surface area contributed by atoms with Crippen molar-refractivity contribution in [2.45, 2.75) is 0 Å². The molecule has 1 heterocycles. The average Bonchev–Trinajstić information content (AvgIpc) is 2.91. The first-order chi connectivity index (χ1) is 10.7. The van der Waals surface area contributed by atoms with E-state index < -0.39 is 5.97 Å². The molecule has 110 valence electrons. The highest BCUT2D eigenvalue weighted by atomic mass is 79.9. The van der Waals surface area contributed by atoms with Gasteiger partial charge < -0.3 is 9.47 Å². The van der Waals surface area contributed by atoms with Crippen LogP contribution >= 0.6 is 15.9 Å². The van der Waals surface area contributed by atoms with E-state index in [1.54, 1.807) is 37.5 Å². The van der Waals surface area contributed by atoms with Gasteiger partial charge in [0.25, 0.3) is 0 Å². The molecular formula is C17H12BrNO3. The number of benzene rings is 2. The highest BCUT2D eigenvalue weighted by Gasteiger charge is 2.24. The first-order valence-corrected chi connectivity index (χ1v) is 7.37. The van der Waals surface area contributed by atoms with Crippen LogP contribution in [-0.2, 0) is 9.53 Å². The summed E-state index contributed by atoms with van der Waals surface area (Å²) in [6, 6.07) is 14.8. The maximum Gasteiger partial charge on any atom is 0.363 e. The van der Waals surface area contributed by atoms with Crippen LogP contribution in [0.1, 0.15) is 11.1 Å². The van der Waals surface area contributed by atoms with E-state index in [1.165, 1.54) is 0 Å². The topological polar surface area (TPSA) is 47.9 Å². The minimum absolute atomic E-state index is 0.285. The smallest absolute Gasteiger partial charge is 0.363 e. The molecule has 5 heteroatoms. The second kappa shape index (κ2) is 6.15. The Labute approximate surface area is 136 Å². The number of nitrogens with zero attached hydrogens (tertiary/aromatic N) is 1. The molecular weight excluding hydrogens is 346 g/mol. The fourth-order valence-corrected chi connectivity index (χ4v) is 2.25. The Bertz CT molecular complexity index is 761. The maximum absolute atomic E-state index is 11.9. The molecule has 0 aromatic heterocycles. The van der Waals surface area contributed by atoms with Gasteiger partial charge in [-0.3, -0.25) is 0 Å². The number of hydrogen-bond acceptors (Lipinski definition) is 4. The van der Waals surface area contributed by atoms with Gasteiger partial charge in [0.15, 0.2) is 5.70 Å². The molecule has 0 radical (unpaired) electrons. The second-order valence-electron chi connectivity index (χ2n) is 4.62. The molecule has 1 aliphatic rings. The Morgan fingerprint density at radius 3 is 2.41 bits per heavy atom. The summed E-state index contributed by atoms with van der Waals surface area (Å²) in [6.07, 6.45) is 1.70. The van der Waals surface area contributed by atoms with E-state index in [0.29, 0.717) is 5.90 Å². The van der Waals surface area contributed by atoms with E-state index in [1.807, 2.05) is 24.3 Å². The average molecular weight is 358 g/mol. The molecule has 0 fully saturated rings. The molecule has 22 heavy (non-hydrogen) atoms. The standard InChI is InChI=1S/C17H12BrNO3/c1-21-14-8-4-12(5-9-14)16-19-15(17(20)22-16)10-11-2-6-13(18)7-3-11/h2-10H,1H3/b15-10-. The quantitative estimate of drug-likeness (QED) is 0.619. The molecule has 0 unspecified atom stereocenters. The Morgan fingerprint density at radius 2 is 1.77 bits per heavy atom. The van der Waals surface area contributed by atoms with Gasteiger partial charge in [0.2, 0.25) is 5.90 Å². The number of cyclic esters (lactones) is 1. The molecule has 0 bridgehead atoms. The Balaban J connectivity index is 1.88. The Kier molecular flexibility index (Phi) is 4.06. The van der Waals surface area contributed by atoms with Gasteiger partial charge >= 0.3 is 5.97 Å². The zero-order valence-corrected chi connectivity index (χ0v) is 13.3. The fourth-order valence-electron chi connectivity index (χ4n) is 1.98. The van der Waals surface area contributed by atoms with Gasteiger partial charge in [-0.2, -0.15) is 0 Å². The lowest BCUT2D eigenvalue weighted by molar-refractivity contribution is -0.129. The van der Waals surface area contributed by atoms with E-state index in [9.17, 15) is 4.79 Å². The highest BCUT2D eigenvalue weighted by molar-refractivity contribution is 9.10. The molecule has 0 atom stereocenters. The van der Waals surface area contributed by atoms with Gasteiger partial charge in [0.1, 0.15) is 5.75 Å². The van der Waals surface area contributed by atoms with Gasteiger partial charge in [-0.25, -0.2) is 9.79 Å². The van der Waals surface area contributed by atoms with E-state index in [4.69, 9.17) is 9.47 Å². The van der Waals surface area contributed by atoms with Crippen LogP contribution in [0.15, 0.2) is 63.7 Å². The zero-order chi connectivity index (χ0) is 15.5. The van der Waals surface area contributed by atoms with Crippen LogP contribution < -0.4 is 4.74 Å². The monoisotopic (exact) mass is 357 g/mol. The van der Waals surface area contributed by atoms with Gasteiger partial charge in [-0.15, -0.1) is 0 Å². The van der Waals surface area contributed by atoms with E-state index in [0.717, 1.165) is 21.3 Å². The lowest BCUT2D eigenvalue weighted by atomic mass is 10.2. The molecule has 0 aliphatic carbocycles. The zero-order valence-electron chi connectivity index (χ0n) is 11.7. The molecule has 3 rings (SSSR count). The molecule has 0 spiro atoms. The number of hydrogen-bond donors (Lipinski definition) is 0. The Morgan fingerprint density at radius 1 is 1.09 bits per heavy atom. The number of carbonyl (C=O) groups excluding carboxylic acids is 1. The van der Waals surface area contributed by atoms with E-state index >= 15 is 0 Å². The molecule has 4 nitrogen and oxygen atoms in total. The van der Waals surface area contributed by atoms with Gasteiger partial charge in [-0.05, 0) is 48.0 Å². The summed E-state index contributed by atoms with van der Waals surface area (Å²) in [5.41, 5.74) is 1.90. The summed E-state index contributed by atoms with van der Waals surface area (Å²) >= 11 is 3.37. The second-order valence-corrected chi connectivity index (χ2v) is 5.53. The predicted molar refractivity (Wildman–Crippen MR) is 87.7 cm³/mol. The molecule has 0 saturated heterocycles. The summed E-state index contributed by atoms with van der Waals surface area (Å²) in [5.74, 6) is 0.587. The van der Waals surface area contributed by atoms with Crippen LogP contribution in [0.2, 0.25) is 0 Å². The minimum Gasteiger partial charge on any atom is -0.497 e. The van der Waals surface area contributed by atoms with Crippen molar-refractivity contribution in [2.75, 3.05) is 7.11 Å². The number of rotatable bonds is 3. The van der Waals surface area contributed by atoms with E-state index in [-0.39, 0.29) is 5.70 Å². The van der Waals surface area contributed by atoms with Crippen LogP contribution in [0.25, 0.3) is 6.08 Å². The van der Waals surface area contributed by atoms with Crippen LogP contribution in [-0.4, -0.2) is 19.0 Å². The molecule has 2 aromatic carbocycles. The first kappa shape index (κ1) is 14.5. The summed E-state index contributed by atoms with van der Waals surface area (Å²) in [5, 5.41) is 0. The normalized spacial score (nSPS) is 15.6. The van der Waals surface area contributed by atoms with Crippen LogP contribution in [0.5, 0.6) is 5.75 Å². The summed E-state index contributed by atoms with van der Waals surface area (Å²) in [6.45, 7) is 0. The number of methoxy groups -OCH3 is 1. The highest BCUT2D eigenvalue weighted by Crippen LogP contribution is 2.21. The number of aliphatic imine (C=N–C) groups is 1. The number of esters is 1. The van der Waals surface area contributed by atoms with Crippen molar-refractivity contribution in [1.82, 2.24) is 0 Å². The minimum atomic E-state index is -0.450. The number of ether oxygens (including phenoxy) is 2. The van der Waals surface area contributed by atoms with Crippen molar-refractivity contribution in [3.8, 4) is 5.75 Å². The fraction of sp³-hybridized carbons (Fsp3) is 0.0588. The first-order valence-electron chi connectivity index (χ1n) is 6.58. The largest absolute Gasteiger partial charge is 0.497 e.